The number of pyridine rings is 1. The lowest BCUT2D eigenvalue weighted by atomic mass is 9.97. The quantitative estimate of drug-likeness (QED) is 0.858. The van der Waals surface area contributed by atoms with Crippen LogP contribution in [0.2, 0.25) is 0 Å². The third kappa shape index (κ3) is 3.52. The highest BCUT2D eigenvalue weighted by molar-refractivity contribution is 5.81. The number of hydrogen-bond donors (Lipinski definition) is 1. The minimum absolute atomic E-state index is 0.00240. The molecule has 2 aromatic rings. The van der Waals surface area contributed by atoms with E-state index in [0.29, 0.717) is 37.1 Å². The highest BCUT2D eigenvalue weighted by Gasteiger charge is 2.39. The lowest BCUT2D eigenvalue weighted by Gasteiger charge is -2.19. The van der Waals surface area contributed by atoms with Crippen LogP contribution in [0.15, 0.2) is 23.0 Å². The van der Waals surface area contributed by atoms with Crippen LogP contribution in [-0.4, -0.2) is 49.2 Å². The van der Waals surface area contributed by atoms with Crippen molar-refractivity contribution in [3.63, 3.8) is 0 Å². The SMILES string of the molecule is C[C@H](O)C(=O)N1CC2C=C(c3ccc4c(n3)n(C)c(=O)n4CC(C)(C)C)CC2C1. The number of carbonyl (C=O) groups is 1. The Balaban J connectivity index is 1.62. The molecule has 4 rings (SSSR count). The van der Waals surface area contributed by atoms with Gasteiger partial charge in [0.25, 0.3) is 5.91 Å². The van der Waals surface area contributed by atoms with Gasteiger partial charge >= 0.3 is 5.69 Å². The summed E-state index contributed by atoms with van der Waals surface area (Å²) in [5, 5.41) is 9.55. The zero-order valence-electron chi connectivity index (χ0n) is 17.8. The number of rotatable bonds is 3. The van der Waals surface area contributed by atoms with Crippen molar-refractivity contribution in [2.24, 2.45) is 24.3 Å². The van der Waals surface area contributed by atoms with Gasteiger partial charge in [-0.25, -0.2) is 9.78 Å². The Morgan fingerprint density at radius 3 is 2.66 bits per heavy atom. The van der Waals surface area contributed by atoms with E-state index in [4.69, 9.17) is 4.98 Å². The molecule has 2 aromatic heterocycles. The third-order valence-electron chi connectivity index (χ3n) is 6.00. The zero-order chi connectivity index (χ0) is 21.1. The van der Waals surface area contributed by atoms with Gasteiger partial charge in [-0.1, -0.05) is 26.8 Å². The van der Waals surface area contributed by atoms with Crippen molar-refractivity contribution >= 4 is 22.6 Å². The number of fused-ring (bicyclic) bond motifs is 2. The minimum Gasteiger partial charge on any atom is -0.384 e. The van der Waals surface area contributed by atoms with Gasteiger partial charge in [-0.15, -0.1) is 0 Å². The van der Waals surface area contributed by atoms with Crippen molar-refractivity contribution in [1.29, 1.82) is 0 Å². The number of amides is 1. The van der Waals surface area contributed by atoms with Crippen LogP contribution in [0.4, 0.5) is 0 Å². The van der Waals surface area contributed by atoms with Crippen molar-refractivity contribution in [2.45, 2.75) is 46.8 Å². The molecule has 7 heteroatoms. The predicted molar refractivity (Wildman–Crippen MR) is 112 cm³/mol. The first-order chi connectivity index (χ1) is 13.5. The fraction of sp³-hybridized carbons (Fsp3) is 0.591. The van der Waals surface area contributed by atoms with Crippen molar-refractivity contribution < 1.29 is 9.90 Å². The van der Waals surface area contributed by atoms with E-state index in [1.807, 2.05) is 16.7 Å². The zero-order valence-corrected chi connectivity index (χ0v) is 17.8. The first-order valence-electron chi connectivity index (χ1n) is 10.3. The topological polar surface area (TPSA) is 80.4 Å². The molecule has 0 spiro atoms. The van der Waals surface area contributed by atoms with Crippen LogP contribution in [0.1, 0.15) is 39.8 Å². The van der Waals surface area contributed by atoms with Crippen LogP contribution in [0.5, 0.6) is 0 Å². The maximum absolute atomic E-state index is 12.7. The van der Waals surface area contributed by atoms with Crippen LogP contribution in [-0.2, 0) is 18.4 Å². The Morgan fingerprint density at radius 1 is 1.31 bits per heavy atom. The van der Waals surface area contributed by atoms with Crippen molar-refractivity contribution in [3.05, 3.63) is 34.4 Å². The van der Waals surface area contributed by atoms with Gasteiger partial charge < -0.3 is 10.0 Å². The molecule has 7 nitrogen and oxygen atoms in total. The largest absolute Gasteiger partial charge is 0.384 e. The van der Waals surface area contributed by atoms with E-state index in [1.54, 1.807) is 16.5 Å². The molecule has 1 amide bonds. The molecule has 29 heavy (non-hydrogen) atoms. The molecule has 0 saturated carbocycles. The summed E-state index contributed by atoms with van der Waals surface area (Å²) < 4.78 is 3.44. The molecule has 1 aliphatic heterocycles. The number of hydrogen-bond acceptors (Lipinski definition) is 4. The number of aliphatic hydroxyl groups excluding tert-OH is 1. The monoisotopic (exact) mass is 398 g/mol. The number of imidazole rings is 1. The number of aromatic nitrogens is 3. The summed E-state index contributed by atoms with van der Waals surface area (Å²) in [4.78, 5) is 31.4. The van der Waals surface area contributed by atoms with Gasteiger partial charge in [0.15, 0.2) is 5.65 Å². The van der Waals surface area contributed by atoms with Crippen LogP contribution in [0.3, 0.4) is 0 Å². The lowest BCUT2D eigenvalue weighted by Crippen LogP contribution is -2.36. The number of aryl methyl sites for hydroxylation is 1. The van der Waals surface area contributed by atoms with Crippen LogP contribution in [0.25, 0.3) is 16.7 Å². The minimum atomic E-state index is -0.945. The van der Waals surface area contributed by atoms with Gasteiger partial charge in [0.2, 0.25) is 0 Å². The van der Waals surface area contributed by atoms with Gasteiger partial charge in [0.05, 0.1) is 11.2 Å². The highest BCUT2D eigenvalue weighted by atomic mass is 16.3. The molecule has 3 heterocycles. The number of allylic oxidation sites excluding steroid dienone is 1. The second-order valence-corrected chi connectivity index (χ2v) is 9.77. The Hall–Kier alpha value is -2.41. The van der Waals surface area contributed by atoms with Crippen molar-refractivity contribution in [1.82, 2.24) is 19.0 Å². The maximum atomic E-state index is 12.7. The van der Waals surface area contributed by atoms with E-state index < -0.39 is 6.10 Å². The van der Waals surface area contributed by atoms with Gasteiger partial charge in [-0.3, -0.25) is 13.9 Å². The van der Waals surface area contributed by atoms with Crippen molar-refractivity contribution in [2.75, 3.05) is 13.1 Å². The summed E-state index contributed by atoms with van der Waals surface area (Å²) in [5.74, 6) is 0.489. The molecule has 1 N–H and O–H groups in total. The Labute approximate surface area is 170 Å². The number of carbonyl (C=O) groups excluding carboxylic acids is 1. The van der Waals surface area contributed by atoms with Crippen LogP contribution in [0, 0.1) is 17.3 Å². The van der Waals surface area contributed by atoms with Gasteiger partial charge in [-0.2, -0.15) is 0 Å². The van der Waals surface area contributed by atoms with E-state index in [2.05, 4.69) is 26.8 Å². The standard InChI is InChI=1S/C22H30N4O3/c1-13(27)20(28)25-10-15-8-14(9-16(15)11-25)17-6-7-18-19(23-17)24(5)21(29)26(18)12-22(2,3)4/h6-8,13,15-16,27H,9-12H2,1-5H3/t13-,15?,16?/m0/s1. The van der Waals surface area contributed by atoms with E-state index in [9.17, 15) is 14.7 Å². The molecule has 0 bridgehead atoms. The summed E-state index contributed by atoms with van der Waals surface area (Å²) in [6, 6.07) is 4.01. The second kappa shape index (κ2) is 6.83. The molecule has 2 unspecified atom stereocenters. The Morgan fingerprint density at radius 2 is 2.03 bits per heavy atom. The molecule has 156 valence electrons. The fourth-order valence-corrected chi connectivity index (χ4v) is 4.62. The first kappa shape index (κ1) is 19.9. The summed E-state index contributed by atoms with van der Waals surface area (Å²) >= 11 is 0. The van der Waals surface area contributed by atoms with Gasteiger partial charge in [0.1, 0.15) is 6.10 Å². The average Bonchev–Trinajstić information content (AvgIpc) is 3.27. The molecule has 0 radical (unpaired) electrons. The normalized spacial score (nSPS) is 22.8. The number of likely N-dealkylation sites (tertiary alicyclic amines) is 1. The molecule has 1 aliphatic carbocycles. The van der Waals surface area contributed by atoms with E-state index >= 15 is 0 Å². The average molecular weight is 399 g/mol. The maximum Gasteiger partial charge on any atom is 0.330 e. The molecular weight excluding hydrogens is 368 g/mol. The summed E-state index contributed by atoms with van der Waals surface area (Å²) in [5.41, 5.74) is 3.62. The van der Waals surface area contributed by atoms with Crippen LogP contribution < -0.4 is 5.69 Å². The van der Waals surface area contributed by atoms with Crippen molar-refractivity contribution in [3.8, 4) is 0 Å². The van der Waals surface area contributed by atoms with E-state index in [-0.39, 0.29) is 17.0 Å². The summed E-state index contributed by atoms with van der Waals surface area (Å²) in [6.07, 6.45) is 2.14. The van der Waals surface area contributed by atoms with Gasteiger partial charge in [0, 0.05) is 26.7 Å². The molecule has 0 aromatic carbocycles. The summed E-state index contributed by atoms with van der Waals surface area (Å²) in [6.45, 7) is 9.85. The predicted octanol–water partition coefficient (Wildman–Crippen LogP) is 2.02. The molecule has 3 atom stereocenters. The number of nitrogens with zero attached hydrogens (tertiary/aromatic N) is 4. The van der Waals surface area contributed by atoms with Gasteiger partial charge in [-0.05, 0) is 48.3 Å². The Bertz CT molecular complexity index is 1050. The summed E-state index contributed by atoms with van der Waals surface area (Å²) in [7, 11) is 1.78. The third-order valence-corrected chi connectivity index (χ3v) is 6.00. The Kier molecular flexibility index (Phi) is 4.69. The second-order valence-electron chi connectivity index (χ2n) is 9.77. The lowest BCUT2D eigenvalue weighted by molar-refractivity contribution is -0.138. The molecule has 1 fully saturated rings. The highest BCUT2D eigenvalue weighted by Crippen LogP contribution is 2.40. The first-order valence-corrected chi connectivity index (χ1v) is 10.3. The molecule has 2 aliphatic rings. The number of aliphatic hydroxyl groups is 1. The van der Waals surface area contributed by atoms with E-state index in [0.717, 1.165) is 17.6 Å². The molecule has 1 saturated heterocycles. The smallest absolute Gasteiger partial charge is 0.330 e. The molecular formula is C22H30N4O3. The fourth-order valence-electron chi connectivity index (χ4n) is 4.62. The van der Waals surface area contributed by atoms with E-state index in [1.165, 1.54) is 12.5 Å². The van der Waals surface area contributed by atoms with Crippen LogP contribution >= 0.6 is 0 Å².